The molecule has 1 aromatic heterocycles. The van der Waals surface area contributed by atoms with Gasteiger partial charge in [0, 0.05) is 20.3 Å². The lowest BCUT2D eigenvalue weighted by atomic mass is 10.0. The van der Waals surface area contributed by atoms with Crippen molar-refractivity contribution in [3.8, 4) is 5.75 Å². The van der Waals surface area contributed by atoms with Crippen LogP contribution in [0.25, 0.3) is 0 Å². The van der Waals surface area contributed by atoms with Gasteiger partial charge in [0.2, 0.25) is 0 Å². The van der Waals surface area contributed by atoms with Crippen LogP contribution >= 0.6 is 0 Å². The van der Waals surface area contributed by atoms with E-state index in [1.165, 1.54) is 17.3 Å². The molecular weight excluding hydrogens is 384 g/mol. The molecule has 2 rings (SSSR count). The molecule has 1 amide bonds. The summed E-state index contributed by atoms with van der Waals surface area (Å²) < 4.78 is 0. The number of amides is 1. The smallest absolute Gasteiger partial charge is 0.258 e. The number of nitrogens with one attached hydrogen (secondary N) is 2. The fourth-order valence-electron chi connectivity index (χ4n) is 2.76. The summed E-state index contributed by atoms with van der Waals surface area (Å²) in [4.78, 5) is 41.7. The quantitative estimate of drug-likeness (QED) is 0.430. The average Bonchev–Trinajstić information content (AvgIpc) is 2.73. The second-order valence-electron chi connectivity index (χ2n) is 6.88. The standard InChI is InChI=1S/C22H26N4O4/c1-6-8-9-10-13(3)15(7-2)24-17-18(21(29)20(17)28)25-16-12-23-11-14(19(16)27)22(30)26(4)5/h6,8-12,15,24-25H,3,7H2,1-2,4-5H3,(H,23,27)/b8-6-,10-9-/t15-/m1/s1. The summed E-state index contributed by atoms with van der Waals surface area (Å²) in [6.07, 6.45) is 10.6. The van der Waals surface area contributed by atoms with Crippen LogP contribution < -0.4 is 21.5 Å². The fraction of sp³-hybridized carbons (Fsp3) is 0.273. The Morgan fingerprint density at radius 2 is 1.90 bits per heavy atom. The molecule has 0 bridgehead atoms. The van der Waals surface area contributed by atoms with Crippen LogP contribution in [0.2, 0.25) is 0 Å². The summed E-state index contributed by atoms with van der Waals surface area (Å²) >= 11 is 0. The summed E-state index contributed by atoms with van der Waals surface area (Å²) in [5.74, 6) is -0.796. The van der Waals surface area contributed by atoms with E-state index in [4.69, 9.17) is 0 Å². The monoisotopic (exact) mass is 410 g/mol. The minimum atomic E-state index is -0.717. The molecule has 3 N–H and O–H groups in total. The van der Waals surface area contributed by atoms with E-state index in [9.17, 15) is 19.5 Å². The molecule has 30 heavy (non-hydrogen) atoms. The van der Waals surface area contributed by atoms with Gasteiger partial charge in [0.1, 0.15) is 22.6 Å². The van der Waals surface area contributed by atoms with Gasteiger partial charge < -0.3 is 20.6 Å². The highest BCUT2D eigenvalue weighted by Gasteiger charge is 2.25. The minimum absolute atomic E-state index is 0.00948. The van der Waals surface area contributed by atoms with Gasteiger partial charge in [-0.2, -0.15) is 0 Å². The van der Waals surface area contributed by atoms with Gasteiger partial charge in [-0.1, -0.05) is 37.8 Å². The lowest BCUT2D eigenvalue weighted by Gasteiger charge is -2.22. The van der Waals surface area contributed by atoms with Crippen LogP contribution in [0.15, 0.2) is 58.4 Å². The normalized spacial score (nSPS) is 12.4. The van der Waals surface area contributed by atoms with Crippen molar-refractivity contribution in [2.24, 2.45) is 0 Å². The van der Waals surface area contributed by atoms with Crippen molar-refractivity contribution in [1.82, 2.24) is 9.88 Å². The van der Waals surface area contributed by atoms with E-state index in [1.54, 1.807) is 14.1 Å². The molecular formula is C22H26N4O4. The summed E-state index contributed by atoms with van der Waals surface area (Å²) in [6, 6.07) is -0.260. The van der Waals surface area contributed by atoms with Gasteiger partial charge in [-0.15, -0.1) is 0 Å². The number of aromatic nitrogens is 1. The predicted molar refractivity (Wildman–Crippen MR) is 119 cm³/mol. The molecule has 0 fully saturated rings. The number of hydrogen-bond donors (Lipinski definition) is 3. The van der Waals surface area contributed by atoms with Crippen LogP contribution in [0, 0.1) is 0 Å². The van der Waals surface area contributed by atoms with E-state index in [1.807, 2.05) is 38.2 Å². The molecule has 8 heteroatoms. The number of allylic oxidation sites excluding steroid dienone is 3. The molecule has 0 radical (unpaired) electrons. The van der Waals surface area contributed by atoms with Crippen molar-refractivity contribution in [3.05, 3.63) is 74.9 Å². The molecule has 158 valence electrons. The molecule has 0 aliphatic heterocycles. The number of hydrogen-bond acceptors (Lipinski definition) is 7. The van der Waals surface area contributed by atoms with Gasteiger partial charge in [-0.3, -0.25) is 19.4 Å². The van der Waals surface area contributed by atoms with Crippen molar-refractivity contribution < 1.29 is 9.90 Å². The second-order valence-corrected chi connectivity index (χ2v) is 6.88. The van der Waals surface area contributed by atoms with Crippen molar-refractivity contribution in [2.45, 2.75) is 26.3 Å². The Labute approximate surface area is 175 Å². The Balaban J connectivity index is 2.31. The molecule has 1 aromatic carbocycles. The highest BCUT2D eigenvalue weighted by atomic mass is 16.3. The number of rotatable bonds is 9. The van der Waals surface area contributed by atoms with Crippen molar-refractivity contribution >= 4 is 23.0 Å². The zero-order chi connectivity index (χ0) is 22.4. The van der Waals surface area contributed by atoms with Crippen LogP contribution in [-0.2, 0) is 0 Å². The number of anilines is 3. The molecule has 0 unspecified atom stereocenters. The van der Waals surface area contributed by atoms with Crippen LogP contribution in [0.1, 0.15) is 30.6 Å². The molecule has 0 saturated heterocycles. The van der Waals surface area contributed by atoms with Crippen LogP contribution in [0.5, 0.6) is 5.75 Å². The Kier molecular flexibility index (Phi) is 7.30. The molecule has 0 saturated carbocycles. The van der Waals surface area contributed by atoms with E-state index >= 15 is 0 Å². The fourth-order valence-corrected chi connectivity index (χ4v) is 2.76. The van der Waals surface area contributed by atoms with Gasteiger partial charge in [-0.25, -0.2) is 0 Å². The maximum atomic E-state index is 12.2. The first-order valence-electron chi connectivity index (χ1n) is 9.46. The molecule has 2 aromatic rings. The predicted octanol–water partition coefficient (Wildman–Crippen LogP) is 2.71. The largest absolute Gasteiger partial charge is 0.505 e. The van der Waals surface area contributed by atoms with Crippen molar-refractivity contribution in [1.29, 1.82) is 0 Å². The maximum Gasteiger partial charge on any atom is 0.258 e. The topological polar surface area (TPSA) is 112 Å². The summed E-state index contributed by atoms with van der Waals surface area (Å²) in [6.45, 7) is 7.84. The Morgan fingerprint density at radius 3 is 2.50 bits per heavy atom. The van der Waals surface area contributed by atoms with Gasteiger partial charge >= 0.3 is 0 Å². The molecule has 0 aliphatic carbocycles. The number of aromatic hydroxyl groups is 1. The summed E-state index contributed by atoms with van der Waals surface area (Å²) in [7, 11) is 3.09. The molecule has 0 spiro atoms. The summed E-state index contributed by atoms with van der Waals surface area (Å²) in [5, 5.41) is 16.2. The zero-order valence-corrected chi connectivity index (χ0v) is 17.5. The Morgan fingerprint density at radius 1 is 1.23 bits per heavy atom. The lowest BCUT2D eigenvalue weighted by Crippen LogP contribution is -2.39. The SMILES string of the molecule is C=C(/C=C\C=C/C)[C@@H](CC)Nc1c(Nc2cncc(C(=O)N(C)C)c2O)c(=O)c1=O. The van der Waals surface area contributed by atoms with E-state index in [-0.39, 0.29) is 34.4 Å². The third kappa shape index (κ3) is 4.65. The highest BCUT2D eigenvalue weighted by Crippen LogP contribution is 2.31. The van der Waals surface area contributed by atoms with Crippen LogP contribution in [0.4, 0.5) is 17.1 Å². The van der Waals surface area contributed by atoms with Gasteiger partial charge in [0.25, 0.3) is 16.8 Å². The van der Waals surface area contributed by atoms with Crippen LogP contribution in [-0.4, -0.2) is 41.0 Å². The number of nitrogens with zero attached hydrogens (tertiary/aromatic N) is 2. The number of carbonyl (C=O) groups is 1. The Bertz CT molecular complexity index is 1080. The first kappa shape index (κ1) is 22.6. The third-order valence-corrected chi connectivity index (χ3v) is 4.51. The number of carbonyl (C=O) groups excluding carboxylic acids is 1. The Hall–Kier alpha value is -3.68. The average molecular weight is 410 g/mol. The maximum absolute atomic E-state index is 12.2. The molecule has 0 aliphatic rings. The molecule has 8 nitrogen and oxygen atoms in total. The van der Waals surface area contributed by atoms with E-state index in [0.717, 1.165) is 5.57 Å². The van der Waals surface area contributed by atoms with Crippen LogP contribution in [0.3, 0.4) is 0 Å². The second kappa shape index (κ2) is 9.69. The molecule has 1 heterocycles. The van der Waals surface area contributed by atoms with E-state index < -0.39 is 16.8 Å². The van der Waals surface area contributed by atoms with Crippen molar-refractivity contribution in [2.75, 3.05) is 24.7 Å². The first-order valence-corrected chi connectivity index (χ1v) is 9.46. The van der Waals surface area contributed by atoms with E-state index in [2.05, 4.69) is 22.2 Å². The lowest BCUT2D eigenvalue weighted by molar-refractivity contribution is 0.0824. The molecule has 1 atom stereocenters. The highest BCUT2D eigenvalue weighted by molar-refractivity contribution is 5.98. The first-order chi connectivity index (χ1) is 14.2. The minimum Gasteiger partial charge on any atom is -0.505 e. The van der Waals surface area contributed by atoms with Gasteiger partial charge in [0.15, 0.2) is 5.75 Å². The third-order valence-electron chi connectivity index (χ3n) is 4.51. The van der Waals surface area contributed by atoms with Gasteiger partial charge in [-0.05, 0) is 18.9 Å². The zero-order valence-electron chi connectivity index (χ0n) is 17.5. The summed E-state index contributed by atoms with van der Waals surface area (Å²) in [5.41, 5.74) is -0.478. The van der Waals surface area contributed by atoms with Gasteiger partial charge in [0.05, 0.1) is 12.2 Å². The van der Waals surface area contributed by atoms with Crippen molar-refractivity contribution in [3.63, 3.8) is 0 Å². The number of pyridine rings is 1. The van der Waals surface area contributed by atoms with E-state index in [0.29, 0.717) is 6.42 Å².